The highest BCUT2D eigenvalue weighted by Gasteiger charge is 2.17. The summed E-state index contributed by atoms with van der Waals surface area (Å²) in [6.07, 6.45) is 0.422. The van der Waals surface area contributed by atoms with E-state index in [1.165, 1.54) is 30.3 Å². The maximum absolute atomic E-state index is 13.7. The van der Waals surface area contributed by atoms with Gasteiger partial charge in [0, 0.05) is 30.9 Å². The molecule has 0 atom stereocenters. The summed E-state index contributed by atoms with van der Waals surface area (Å²) in [5.41, 5.74) is 9.53. The summed E-state index contributed by atoms with van der Waals surface area (Å²) in [7, 11) is 0. The van der Waals surface area contributed by atoms with Gasteiger partial charge < -0.3 is 20.9 Å². The standard InChI is InChI=1S/C29H14F4N2O4.CH6N2/c1-35-27-25(32)13-21(14-26(27)33)39-29(37)19-8-4-17(5-9-19)10-16-2-6-18(7-3-16)28(36)38-20-11-23(30)22(15-34)24(31)12-20;2-1-3/h2-9,11-14H,10H2;1-3H2. The first-order valence-electron chi connectivity index (χ1n) is 11.9. The molecule has 0 heterocycles. The fourth-order valence-corrected chi connectivity index (χ4v) is 3.51. The molecule has 0 fully saturated rings. The molecule has 0 aromatic heterocycles. The summed E-state index contributed by atoms with van der Waals surface area (Å²) >= 11 is 0. The molecular formula is C30H20F4N4O4. The van der Waals surface area contributed by atoms with Crippen LogP contribution in [-0.4, -0.2) is 18.6 Å². The van der Waals surface area contributed by atoms with Crippen molar-refractivity contribution in [3.05, 3.63) is 135 Å². The van der Waals surface area contributed by atoms with Crippen molar-refractivity contribution >= 4 is 17.6 Å². The molecule has 12 heteroatoms. The van der Waals surface area contributed by atoms with E-state index in [2.05, 4.69) is 16.3 Å². The van der Waals surface area contributed by atoms with Crippen molar-refractivity contribution < 1.29 is 36.6 Å². The number of nitrogens with two attached hydrogens (primary N) is 2. The van der Waals surface area contributed by atoms with Crippen LogP contribution < -0.4 is 20.9 Å². The first-order valence-corrected chi connectivity index (χ1v) is 11.9. The van der Waals surface area contributed by atoms with E-state index in [4.69, 9.17) is 21.3 Å². The summed E-state index contributed by atoms with van der Waals surface area (Å²) in [5.74, 6) is -7.02. The highest BCUT2D eigenvalue weighted by molar-refractivity contribution is 5.91. The number of halogens is 4. The molecule has 4 aromatic rings. The Kier molecular flexibility index (Phi) is 10.5. The number of rotatable bonds is 6. The second-order valence-electron chi connectivity index (χ2n) is 8.31. The van der Waals surface area contributed by atoms with Crippen LogP contribution >= 0.6 is 0 Å². The van der Waals surface area contributed by atoms with Crippen molar-refractivity contribution in [2.24, 2.45) is 11.5 Å². The number of nitrogens with zero attached hydrogens (tertiary/aromatic N) is 2. The Bertz CT molecular complexity index is 1530. The molecule has 0 saturated heterocycles. The van der Waals surface area contributed by atoms with Crippen LogP contribution in [0.5, 0.6) is 11.5 Å². The maximum atomic E-state index is 13.7. The Morgan fingerprint density at radius 3 is 1.43 bits per heavy atom. The number of carbonyl (C=O) groups excluding carboxylic acids is 2. The van der Waals surface area contributed by atoms with E-state index >= 15 is 0 Å². The molecule has 8 nitrogen and oxygen atoms in total. The second kappa shape index (κ2) is 14.2. The Labute approximate surface area is 237 Å². The Morgan fingerprint density at radius 1 is 0.738 bits per heavy atom. The van der Waals surface area contributed by atoms with Crippen LogP contribution in [0, 0.1) is 41.2 Å². The van der Waals surface area contributed by atoms with Crippen LogP contribution in [0.4, 0.5) is 23.2 Å². The number of benzene rings is 4. The van der Waals surface area contributed by atoms with E-state index in [9.17, 15) is 27.2 Å². The van der Waals surface area contributed by atoms with Gasteiger partial charge in [-0.1, -0.05) is 24.3 Å². The second-order valence-corrected chi connectivity index (χ2v) is 8.31. The molecule has 0 radical (unpaired) electrons. The van der Waals surface area contributed by atoms with Crippen LogP contribution in [0.1, 0.15) is 37.4 Å². The molecule has 0 aliphatic rings. The molecule has 0 amide bonds. The van der Waals surface area contributed by atoms with Gasteiger partial charge in [0.05, 0.1) is 17.7 Å². The van der Waals surface area contributed by atoms with Gasteiger partial charge in [-0.3, -0.25) is 0 Å². The molecule has 42 heavy (non-hydrogen) atoms. The van der Waals surface area contributed by atoms with Gasteiger partial charge in [-0.05, 0) is 41.8 Å². The van der Waals surface area contributed by atoms with Gasteiger partial charge in [0.2, 0.25) is 0 Å². The van der Waals surface area contributed by atoms with Gasteiger partial charge in [-0.15, -0.1) is 0 Å². The highest BCUT2D eigenvalue weighted by Crippen LogP contribution is 2.28. The Hall–Kier alpha value is -5.56. The molecule has 0 aliphatic heterocycles. The third-order valence-corrected chi connectivity index (χ3v) is 5.44. The van der Waals surface area contributed by atoms with Crippen molar-refractivity contribution in [1.82, 2.24) is 0 Å². The Morgan fingerprint density at radius 2 is 1.10 bits per heavy atom. The number of esters is 2. The molecule has 0 spiro atoms. The van der Waals surface area contributed by atoms with Crippen LogP contribution in [-0.2, 0) is 6.42 Å². The lowest BCUT2D eigenvalue weighted by Gasteiger charge is -2.08. The fourth-order valence-electron chi connectivity index (χ4n) is 3.51. The van der Waals surface area contributed by atoms with Gasteiger partial charge in [0.1, 0.15) is 46.4 Å². The third kappa shape index (κ3) is 7.76. The zero-order valence-electron chi connectivity index (χ0n) is 21.5. The predicted octanol–water partition coefficient (Wildman–Crippen LogP) is 5.56. The van der Waals surface area contributed by atoms with Gasteiger partial charge in [0.25, 0.3) is 5.69 Å². The SMILES string of the molecule is NCN.[C-]#[N+]c1c(F)cc(OC(=O)c2ccc(Cc3ccc(C(=O)Oc4cc(F)c(C#N)c(F)c4)cc3)cc2)cc1F. The zero-order valence-corrected chi connectivity index (χ0v) is 21.5. The molecule has 4 N–H and O–H groups in total. The molecule has 4 aromatic carbocycles. The van der Waals surface area contributed by atoms with E-state index in [-0.39, 0.29) is 29.3 Å². The molecule has 212 valence electrons. The first kappa shape index (κ1) is 31.0. The van der Waals surface area contributed by atoms with Crippen molar-refractivity contribution in [1.29, 1.82) is 5.26 Å². The van der Waals surface area contributed by atoms with Gasteiger partial charge >= 0.3 is 11.9 Å². The lowest BCUT2D eigenvalue weighted by Crippen LogP contribution is -2.09. The van der Waals surface area contributed by atoms with Crippen molar-refractivity contribution in [2.75, 3.05) is 6.67 Å². The summed E-state index contributed by atoms with van der Waals surface area (Å²) in [5, 5.41) is 8.72. The fraction of sp³-hybridized carbons (Fsp3) is 0.0667. The van der Waals surface area contributed by atoms with E-state index in [0.717, 1.165) is 35.4 Å². The van der Waals surface area contributed by atoms with E-state index < -0.39 is 46.5 Å². The van der Waals surface area contributed by atoms with Crippen LogP contribution in [0.25, 0.3) is 4.85 Å². The minimum absolute atomic E-state index is 0.124. The minimum Gasteiger partial charge on any atom is -0.423 e. The summed E-state index contributed by atoms with van der Waals surface area (Å²) in [6, 6.07) is 16.9. The van der Waals surface area contributed by atoms with Crippen LogP contribution in [0.2, 0.25) is 0 Å². The molecule has 4 rings (SSSR count). The first-order chi connectivity index (χ1) is 20.1. The quantitative estimate of drug-likeness (QED) is 0.101. The van der Waals surface area contributed by atoms with Gasteiger partial charge in [-0.2, -0.15) is 5.26 Å². The van der Waals surface area contributed by atoms with Gasteiger partial charge in [0.15, 0.2) is 0 Å². The predicted molar refractivity (Wildman–Crippen MR) is 143 cm³/mol. The largest absolute Gasteiger partial charge is 0.423 e. The average Bonchev–Trinajstić information content (AvgIpc) is 2.94. The minimum atomic E-state index is -1.15. The zero-order chi connectivity index (χ0) is 30.8. The third-order valence-electron chi connectivity index (χ3n) is 5.44. The monoisotopic (exact) mass is 576 g/mol. The number of hydrogen-bond donors (Lipinski definition) is 2. The van der Waals surface area contributed by atoms with E-state index in [1.807, 2.05) is 0 Å². The normalized spacial score (nSPS) is 10.0. The van der Waals surface area contributed by atoms with Crippen LogP contribution in [0.15, 0.2) is 72.8 Å². The Balaban J connectivity index is 0.00000155. The highest BCUT2D eigenvalue weighted by atomic mass is 19.1. The molecule has 0 unspecified atom stereocenters. The number of ether oxygens (including phenoxy) is 2. The molecule has 0 aliphatic carbocycles. The van der Waals surface area contributed by atoms with Crippen LogP contribution in [0.3, 0.4) is 0 Å². The molecular weight excluding hydrogens is 556 g/mol. The van der Waals surface area contributed by atoms with Gasteiger partial charge in [-0.25, -0.2) is 32.0 Å². The number of carbonyl (C=O) groups is 2. The number of nitriles is 1. The van der Waals surface area contributed by atoms with E-state index in [1.54, 1.807) is 24.3 Å². The van der Waals surface area contributed by atoms with E-state index in [0.29, 0.717) is 6.42 Å². The average molecular weight is 577 g/mol. The smallest absolute Gasteiger partial charge is 0.343 e. The summed E-state index contributed by atoms with van der Waals surface area (Å²) < 4.78 is 64.9. The molecule has 0 bridgehead atoms. The topological polar surface area (TPSA) is 133 Å². The van der Waals surface area contributed by atoms with Crippen molar-refractivity contribution in [2.45, 2.75) is 6.42 Å². The van der Waals surface area contributed by atoms with Crippen molar-refractivity contribution in [3.8, 4) is 17.6 Å². The lowest BCUT2D eigenvalue weighted by molar-refractivity contribution is 0.0724. The molecule has 0 saturated carbocycles. The maximum Gasteiger partial charge on any atom is 0.343 e. The van der Waals surface area contributed by atoms with Crippen molar-refractivity contribution in [3.63, 3.8) is 0 Å². The number of hydrogen-bond acceptors (Lipinski definition) is 7. The summed E-state index contributed by atoms with van der Waals surface area (Å²) in [6.45, 7) is 7.00. The lowest BCUT2D eigenvalue weighted by atomic mass is 10.0. The summed E-state index contributed by atoms with van der Waals surface area (Å²) in [4.78, 5) is 27.4.